The largest absolute Gasteiger partial charge is 0.383 e. The Hall–Kier alpha value is -2.05. The monoisotopic (exact) mass is 251 g/mol. The smallest absolute Gasteiger partial charge is 0.0998 e. The van der Waals surface area contributed by atoms with Crippen LogP contribution in [0.25, 0.3) is 10.8 Å². The van der Waals surface area contributed by atoms with Crippen LogP contribution in [0.15, 0.2) is 36.4 Å². The van der Waals surface area contributed by atoms with Gasteiger partial charge in [0.2, 0.25) is 0 Å². The summed E-state index contributed by atoms with van der Waals surface area (Å²) in [5.41, 5.74) is 7.97. The Morgan fingerprint density at radius 3 is 2.53 bits per heavy atom. The SMILES string of the molecule is N#Cc1ccc(NCC2(N)CCC2)c2ccccc12. The lowest BCUT2D eigenvalue weighted by atomic mass is 9.77. The molecule has 0 atom stereocenters. The third kappa shape index (κ3) is 2.16. The van der Waals surface area contributed by atoms with Crippen molar-refractivity contribution < 1.29 is 0 Å². The minimum absolute atomic E-state index is 0.0466. The quantitative estimate of drug-likeness (QED) is 0.881. The molecule has 0 heterocycles. The van der Waals surface area contributed by atoms with Crippen molar-refractivity contribution in [3.63, 3.8) is 0 Å². The summed E-state index contributed by atoms with van der Waals surface area (Å²) in [5, 5.41) is 14.7. The first-order valence-corrected chi connectivity index (χ1v) is 6.66. The molecule has 0 amide bonds. The number of rotatable bonds is 3. The second-order valence-electron chi connectivity index (χ2n) is 5.39. The van der Waals surface area contributed by atoms with Crippen molar-refractivity contribution in [3.8, 4) is 6.07 Å². The van der Waals surface area contributed by atoms with Crippen molar-refractivity contribution in [2.24, 2.45) is 5.73 Å². The van der Waals surface area contributed by atoms with E-state index in [9.17, 15) is 0 Å². The number of anilines is 1. The lowest BCUT2D eigenvalue weighted by molar-refractivity contribution is 0.265. The van der Waals surface area contributed by atoms with Gasteiger partial charge in [-0.05, 0) is 31.4 Å². The van der Waals surface area contributed by atoms with Crippen LogP contribution < -0.4 is 11.1 Å². The molecule has 19 heavy (non-hydrogen) atoms. The summed E-state index contributed by atoms with van der Waals surface area (Å²) in [7, 11) is 0. The van der Waals surface area contributed by atoms with E-state index in [4.69, 9.17) is 11.0 Å². The van der Waals surface area contributed by atoms with E-state index in [1.807, 2.05) is 36.4 Å². The predicted octanol–water partition coefficient (Wildman–Crippen LogP) is 3.00. The Kier molecular flexibility index (Phi) is 2.88. The van der Waals surface area contributed by atoms with E-state index in [0.29, 0.717) is 5.56 Å². The van der Waals surface area contributed by atoms with Crippen molar-refractivity contribution in [1.82, 2.24) is 0 Å². The molecule has 3 N–H and O–H groups in total. The van der Waals surface area contributed by atoms with Gasteiger partial charge in [0.15, 0.2) is 0 Å². The van der Waals surface area contributed by atoms with Crippen LogP contribution in [-0.4, -0.2) is 12.1 Å². The Bertz CT molecular complexity index is 651. The zero-order valence-corrected chi connectivity index (χ0v) is 10.8. The molecule has 0 aliphatic heterocycles. The van der Waals surface area contributed by atoms with Gasteiger partial charge in [-0.3, -0.25) is 0 Å². The van der Waals surface area contributed by atoms with E-state index < -0.39 is 0 Å². The van der Waals surface area contributed by atoms with Crippen LogP contribution in [0.2, 0.25) is 0 Å². The molecule has 0 aromatic heterocycles. The zero-order valence-electron chi connectivity index (χ0n) is 10.8. The van der Waals surface area contributed by atoms with Crippen LogP contribution in [0.5, 0.6) is 0 Å². The van der Waals surface area contributed by atoms with E-state index in [-0.39, 0.29) is 5.54 Å². The molecule has 1 aliphatic rings. The summed E-state index contributed by atoms with van der Waals surface area (Å²) in [6.07, 6.45) is 3.41. The van der Waals surface area contributed by atoms with Gasteiger partial charge in [0.25, 0.3) is 0 Å². The van der Waals surface area contributed by atoms with Gasteiger partial charge in [-0.2, -0.15) is 5.26 Å². The molecule has 0 bridgehead atoms. The van der Waals surface area contributed by atoms with E-state index in [2.05, 4.69) is 11.4 Å². The molecule has 2 aromatic rings. The van der Waals surface area contributed by atoms with Crippen LogP contribution in [0.4, 0.5) is 5.69 Å². The number of fused-ring (bicyclic) bond motifs is 1. The van der Waals surface area contributed by atoms with Crippen molar-refractivity contribution >= 4 is 16.5 Å². The Balaban J connectivity index is 1.94. The van der Waals surface area contributed by atoms with Crippen molar-refractivity contribution in [2.45, 2.75) is 24.8 Å². The van der Waals surface area contributed by atoms with E-state index in [1.54, 1.807) is 0 Å². The van der Waals surface area contributed by atoms with Gasteiger partial charge in [-0.25, -0.2) is 0 Å². The van der Waals surface area contributed by atoms with Crippen molar-refractivity contribution in [3.05, 3.63) is 42.0 Å². The zero-order chi connectivity index (χ0) is 13.3. The second kappa shape index (κ2) is 4.56. The molecule has 0 spiro atoms. The van der Waals surface area contributed by atoms with Crippen LogP contribution in [0.3, 0.4) is 0 Å². The fraction of sp³-hybridized carbons (Fsp3) is 0.312. The number of hydrogen-bond acceptors (Lipinski definition) is 3. The first kappa shape index (κ1) is 12.0. The normalized spacial score (nSPS) is 16.6. The summed E-state index contributed by atoms with van der Waals surface area (Å²) >= 11 is 0. The van der Waals surface area contributed by atoms with Crippen LogP contribution in [0, 0.1) is 11.3 Å². The Labute approximate surface area is 113 Å². The number of nitriles is 1. The van der Waals surface area contributed by atoms with E-state index >= 15 is 0 Å². The van der Waals surface area contributed by atoms with Gasteiger partial charge < -0.3 is 11.1 Å². The molecule has 3 heteroatoms. The average molecular weight is 251 g/mol. The van der Waals surface area contributed by atoms with Gasteiger partial charge in [-0.15, -0.1) is 0 Å². The van der Waals surface area contributed by atoms with Gasteiger partial charge in [0.1, 0.15) is 0 Å². The topological polar surface area (TPSA) is 61.8 Å². The molecule has 0 saturated heterocycles. The number of benzene rings is 2. The van der Waals surface area contributed by atoms with Gasteiger partial charge in [0.05, 0.1) is 11.6 Å². The lowest BCUT2D eigenvalue weighted by Crippen LogP contribution is -2.51. The van der Waals surface area contributed by atoms with Gasteiger partial charge in [-0.1, -0.05) is 24.3 Å². The number of nitrogens with one attached hydrogen (secondary N) is 1. The molecule has 96 valence electrons. The molecule has 3 rings (SSSR count). The maximum absolute atomic E-state index is 9.14. The Morgan fingerprint density at radius 1 is 1.16 bits per heavy atom. The van der Waals surface area contributed by atoms with Crippen LogP contribution >= 0.6 is 0 Å². The number of hydrogen-bond donors (Lipinski definition) is 2. The Morgan fingerprint density at radius 2 is 1.89 bits per heavy atom. The van der Waals surface area contributed by atoms with E-state index in [0.717, 1.165) is 35.8 Å². The maximum atomic E-state index is 9.14. The summed E-state index contributed by atoms with van der Waals surface area (Å²) in [4.78, 5) is 0. The third-order valence-corrected chi connectivity index (χ3v) is 4.02. The first-order valence-electron chi connectivity index (χ1n) is 6.66. The highest BCUT2D eigenvalue weighted by molar-refractivity contribution is 5.97. The predicted molar refractivity (Wildman–Crippen MR) is 77.9 cm³/mol. The lowest BCUT2D eigenvalue weighted by Gasteiger charge is -2.38. The van der Waals surface area contributed by atoms with Crippen molar-refractivity contribution in [1.29, 1.82) is 5.26 Å². The fourth-order valence-electron chi connectivity index (χ4n) is 2.63. The number of nitrogens with two attached hydrogens (primary N) is 1. The van der Waals surface area contributed by atoms with Crippen molar-refractivity contribution in [2.75, 3.05) is 11.9 Å². The molecule has 1 fully saturated rings. The minimum Gasteiger partial charge on any atom is -0.383 e. The molecule has 2 aromatic carbocycles. The fourth-order valence-corrected chi connectivity index (χ4v) is 2.63. The highest BCUT2D eigenvalue weighted by Gasteiger charge is 2.32. The first-order chi connectivity index (χ1) is 9.22. The molecule has 1 aliphatic carbocycles. The molecule has 1 saturated carbocycles. The standard InChI is InChI=1S/C16H17N3/c17-10-12-6-7-15(14-5-2-1-4-13(12)14)19-11-16(18)8-3-9-16/h1-2,4-7,19H,3,8-9,11,18H2. The third-order valence-electron chi connectivity index (χ3n) is 4.02. The summed E-state index contributed by atoms with van der Waals surface area (Å²) in [6.45, 7) is 0.795. The molecule has 0 radical (unpaired) electrons. The molecule has 3 nitrogen and oxygen atoms in total. The summed E-state index contributed by atoms with van der Waals surface area (Å²) in [6, 6.07) is 14.1. The van der Waals surface area contributed by atoms with Crippen LogP contribution in [-0.2, 0) is 0 Å². The highest BCUT2D eigenvalue weighted by Crippen LogP contribution is 2.31. The van der Waals surface area contributed by atoms with E-state index in [1.165, 1.54) is 6.42 Å². The van der Waals surface area contributed by atoms with Crippen LogP contribution in [0.1, 0.15) is 24.8 Å². The highest BCUT2D eigenvalue weighted by atomic mass is 15.0. The molecular formula is C16H17N3. The molecular weight excluding hydrogens is 234 g/mol. The van der Waals surface area contributed by atoms with Gasteiger partial charge >= 0.3 is 0 Å². The minimum atomic E-state index is -0.0466. The summed E-state index contributed by atoms with van der Waals surface area (Å²) < 4.78 is 0. The second-order valence-corrected chi connectivity index (χ2v) is 5.39. The average Bonchev–Trinajstić information content (AvgIpc) is 2.42. The molecule has 0 unspecified atom stereocenters. The summed E-state index contributed by atoms with van der Waals surface area (Å²) in [5.74, 6) is 0. The number of nitrogens with zero attached hydrogens (tertiary/aromatic N) is 1. The maximum Gasteiger partial charge on any atom is 0.0998 e. The van der Waals surface area contributed by atoms with Gasteiger partial charge in [0, 0.05) is 28.5 Å².